The van der Waals surface area contributed by atoms with Gasteiger partial charge < -0.3 is 10.0 Å². The standard InChI is InChI=1S/C33H33NO2/c35-31(34-23-21-32(36,22-24-34)25-27-13-5-1-6-14-27)26-33(28-15-7-2-8-16-28,29-17-9-3-10-18-29)30-19-11-4-12-20-30/h1-20,36H,21-26H2. The van der Waals surface area contributed by atoms with Gasteiger partial charge in [0.05, 0.1) is 11.0 Å². The molecular weight excluding hydrogens is 442 g/mol. The maximum Gasteiger partial charge on any atom is 0.224 e. The van der Waals surface area contributed by atoms with E-state index in [0.29, 0.717) is 38.8 Å². The molecule has 1 saturated heterocycles. The average Bonchev–Trinajstić information content (AvgIpc) is 2.94. The molecule has 1 aliphatic rings. The highest BCUT2D eigenvalue weighted by atomic mass is 16.3. The van der Waals surface area contributed by atoms with Gasteiger partial charge in [-0.2, -0.15) is 0 Å². The lowest BCUT2D eigenvalue weighted by atomic mass is 9.67. The lowest BCUT2D eigenvalue weighted by molar-refractivity contribution is -0.136. The SMILES string of the molecule is O=C(CC(c1ccccc1)(c1ccccc1)c1ccccc1)N1CCC(O)(Cc2ccccc2)CC1. The van der Waals surface area contributed by atoms with E-state index in [1.165, 1.54) is 0 Å². The number of benzene rings is 4. The van der Waals surface area contributed by atoms with Gasteiger partial charge in [0.1, 0.15) is 0 Å². The summed E-state index contributed by atoms with van der Waals surface area (Å²) in [6.45, 7) is 1.13. The third-order valence-corrected chi connectivity index (χ3v) is 7.64. The van der Waals surface area contributed by atoms with Gasteiger partial charge in [0, 0.05) is 25.9 Å². The molecule has 0 atom stereocenters. The summed E-state index contributed by atoms with van der Waals surface area (Å²) in [7, 11) is 0. The van der Waals surface area contributed by atoms with E-state index >= 15 is 0 Å². The van der Waals surface area contributed by atoms with E-state index in [1.807, 2.05) is 77.7 Å². The molecule has 4 aromatic carbocycles. The Hall–Kier alpha value is -3.69. The zero-order valence-corrected chi connectivity index (χ0v) is 20.6. The maximum absolute atomic E-state index is 13.9. The topological polar surface area (TPSA) is 40.5 Å². The second-order valence-corrected chi connectivity index (χ2v) is 9.95. The molecule has 1 N–H and O–H groups in total. The molecule has 5 rings (SSSR count). The number of piperidine rings is 1. The Morgan fingerprint density at radius 2 is 1.06 bits per heavy atom. The molecule has 1 heterocycles. The molecule has 1 amide bonds. The normalized spacial score (nSPS) is 15.4. The van der Waals surface area contributed by atoms with Crippen LogP contribution in [0.5, 0.6) is 0 Å². The maximum atomic E-state index is 13.9. The van der Waals surface area contributed by atoms with Gasteiger partial charge in [-0.05, 0) is 35.1 Å². The summed E-state index contributed by atoms with van der Waals surface area (Å²) in [5.41, 5.74) is 3.08. The van der Waals surface area contributed by atoms with E-state index < -0.39 is 11.0 Å². The van der Waals surface area contributed by atoms with Gasteiger partial charge in [-0.15, -0.1) is 0 Å². The number of hydrogen-bond acceptors (Lipinski definition) is 2. The molecule has 0 bridgehead atoms. The van der Waals surface area contributed by atoms with Gasteiger partial charge in [-0.1, -0.05) is 121 Å². The zero-order valence-electron chi connectivity index (χ0n) is 20.6. The van der Waals surface area contributed by atoms with E-state index in [1.54, 1.807) is 0 Å². The minimum absolute atomic E-state index is 0.119. The smallest absolute Gasteiger partial charge is 0.224 e. The first-order valence-electron chi connectivity index (χ1n) is 12.8. The van der Waals surface area contributed by atoms with Crippen LogP contribution in [0.1, 0.15) is 41.5 Å². The molecule has 0 spiro atoms. The lowest BCUT2D eigenvalue weighted by Crippen LogP contribution is -2.49. The van der Waals surface area contributed by atoms with Crippen LogP contribution in [0.25, 0.3) is 0 Å². The summed E-state index contributed by atoms with van der Waals surface area (Å²) in [5.74, 6) is 0.119. The first-order chi connectivity index (χ1) is 17.6. The van der Waals surface area contributed by atoms with Crippen LogP contribution in [0, 0.1) is 0 Å². The predicted molar refractivity (Wildman–Crippen MR) is 145 cm³/mol. The lowest BCUT2D eigenvalue weighted by Gasteiger charge is -2.41. The summed E-state index contributed by atoms with van der Waals surface area (Å²) >= 11 is 0. The highest BCUT2D eigenvalue weighted by Gasteiger charge is 2.41. The van der Waals surface area contributed by atoms with Crippen molar-refractivity contribution < 1.29 is 9.90 Å². The Balaban J connectivity index is 1.43. The summed E-state index contributed by atoms with van der Waals surface area (Å²) in [6.07, 6.45) is 2.13. The summed E-state index contributed by atoms with van der Waals surface area (Å²) in [5, 5.41) is 11.3. The predicted octanol–water partition coefficient (Wildman–Crippen LogP) is 6.01. The Labute approximate surface area is 214 Å². The number of hydrogen-bond donors (Lipinski definition) is 1. The van der Waals surface area contributed by atoms with Gasteiger partial charge in [0.15, 0.2) is 0 Å². The molecule has 0 unspecified atom stereocenters. The second-order valence-electron chi connectivity index (χ2n) is 9.95. The van der Waals surface area contributed by atoms with E-state index in [4.69, 9.17) is 0 Å². The average molecular weight is 476 g/mol. The van der Waals surface area contributed by atoms with Crippen LogP contribution in [-0.4, -0.2) is 34.6 Å². The molecule has 3 nitrogen and oxygen atoms in total. The Morgan fingerprint density at radius 3 is 1.47 bits per heavy atom. The monoisotopic (exact) mass is 475 g/mol. The van der Waals surface area contributed by atoms with Crippen molar-refractivity contribution in [1.29, 1.82) is 0 Å². The van der Waals surface area contributed by atoms with Crippen molar-refractivity contribution in [3.8, 4) is 0 Å². The summed E-state index contributed by atoms with van der Waals surface area (Å²) in [4.78, 5) is 15.9. The Bertz CT molecular complexity index is 1150. The fourth-order valence-electron chi connectivity index (χ4n) is 5.64. The first-order valence-corrected chi connectivity index (χ1v) is 12.8. The van der Waals surface area contributed by atoms with Crippen molar-refractivity contribution in [2.24, 2.45) is 0 Å². The van der Waals surface area contributed by atoms with Crippen molar-refractivity contribution in [3.63, 3.8) is 0 Å². The molecule has 36 heavy (non-hydrogen) atoms. The van der Waals surface area contributed by atoms with Gasteiger partial charge in [0.25, 0.3) is 0 Å². The number of likely N-dealkylation sites (tertiary alicyclic amines) is 1. The van der Waals surface area contributed by atoms with E-state index in [2.05, 4.69) is 48.5 Å². The van der Waals surface area contributed by atoms with E-state index in [-0.39, 0.29) is 5.91 Å². The molecule has 1 fully saturated rings. The number of carbonyl (C=O) groups is 1. The quantitative estimate of drug-likeness (QED) is 0.333. The van der Waals surface area contributed by atoms with Crippen LogP contribution in [0.4, 0.5) is 0 Å². The molecule has 4 aromatic rings. The van der Waals surface area contributed by atoms with Crippen LogP contribution in [0.3, 0.4) is 0 Å². The molecular formula is C33H33NO2. The van der Waals surface area contributed by atoms with Crippen molar-refractivity contribution in [2.75, 3.05) is 13.1 Å². The van der Waals surface area contributed by atoms with Gasteiger partial charge >= 0.3 is 0 Å². The highest BCUT2D eigenvalue weighted by molar-refractivity contribution is 5.80. The van der Waals surface area contributed by atoms with Crippen LogP contribution < -0.4 is 0 Å². The third-order valence-electron chi connectivity index (χ3n) is 7.64. The largest absolute Gasteiger partial charge is 0.389 e. The third kappa shape index (κ3) is 4.98. The number of amides is 1. The molecule has 0 aliphatic carbocycles. The van der Waals surface area contributed by atoms with Crippen molar-refractivity contribution >= 4 is 5.91 Å². The number of carbonyl (C=O) groups excluding carboxylic acids is 1. The number of rotatable bonds is 7. The Kier molecular flexibility index (Phi) is 7.02. The van der Waals surface area contributed by atoms with Crippen molar-refractivity contribution in [3.05, 3.63) is 144 Å². The fraction of sp³-hybridized carbons (Fsp3) is 0.242. The summed E-state index contributed by atoms with van der Waals surface area (Å²) in [6, 6.07) is 41.2. The van der Waals surface area contributed by atoms with Gasteiger partial charge in [-0.3, -0.25) is 4.79 Å². The molecule has 0 aromatic heterocycles. The zero-order chi connectivity index (χ0) is 24.8. The van der Waals surface area contributed by atoms with Crippen LogP contribution >= 0.6 is 0 Å². The Morgan fingerprint density at radius 1 is 0.667 bits per heavy atom. The van der Waals surface area contributed by atoms with E-state index in [9.17, 15) is 9.90 Å². The highest BCUT2D eigenvalue weighted by Crippen LogP contribution is 2.43. The van der Waals surface area contributed by atoms with Crippen molar-refractivity contribution in [1.82, 2.24) is 4.90 Å². The van der Waals surface area contributed by atoms with Crippen LogP contribution in [0.15, 0.2) is 121 Å². The first kappa shape index (κ1) is 24.0. The molecule has 182 valence electrons. The number of aliphatic hydroxyl groups is 1. The molecule has 3 heteroatoms. The minimum Gasteiger partial charge on any atom is -0.389 e. The summed E-state index contributed by atoms with van der Waals surface area (Å²) < 4.78 is 0. The fourth-order valence-corrected chi connectivity index (χ4v) is 5.64. The van der Waals surface area contributed by atoms with Gasteiger partial charge in [0.2, 0.25) is 5.91 Å². The second kappa shape index (κ2) is 10.5. The van der Waals surface area contributed by atoms with Crippen molar-refractivity contribution in [2.45, 2.75) is 36.7 Å². The van der Waals surface area contributed by atoms with Crippen LogP contribution in [-0.2, 0) is 16.6 Å². The van der Waals surface area contributed by atoms with Gasteiger partial charge in [-0.25, -0.2) is 0 Å². The van der Waals surface area contributed by atoms with E-state index in [0.717, 1.165) is 22.3 Å². The van der Waals surface area contributed by atoms with Crippen LogP contribution in [0.2, 0.25) is 0 Å². The number of nitrogens with zero attached hydrogens (tertiary/aromatic N) is 1. The molecule has 1 aliphatic heterocycles. The molecule has 0 radical (unpaired) electrons. The molecule has 0 saturated carbocycles. The minimum atomic E-state index is -0.770.